The van der Waals surface area contributed by atoms with Crippen LogP contribution in [0.1, 0.15) is 29.5 Å². The van der Waals surface area contributed by atoms with E-state index in [0.29, 0.717) is 5.92 Å². The lowest BCUT2D eigenvalue weighted by Crippen LogP contribution is -2.22. The SMILES string of the molecule is CCNCC(Cc1cccc(OC)c1)c1ccc(C)cc1. The first kappa shape index (κ1) is 15.6. The van der Waals surface area contributed by atoms with Gasteiger partial charge in [-0.2, -0.15) is 0 Å². The number of benzene rings is 2. The topological polar surface area (TPSA) is 21.3 Å². The normalized spacial score (nSPS) is 12.1. The third kappa shape index (κ3) is 4.61. The minimum absolute atomic E-state index is 0.484. The molecule has 0 fully saturated rings. The Bertz CT molecular complexity index is 548. The van der Waals surface area contributed by atoms with Crippen molar-refractivity contribution in [3.8, 4) is 5.75 Å². The number of likely N-dealkylation sites (N-methyl/N-ethyl adjacent to an activating group) is 1. The fourth-order valence-corrected chi connectivity index (χ4v) is 2.55. The predicted octanol–water partition coefficient (Wildman–Crippen LogP) is 3.94. The minimum Gasteiger partial charge on any atom is -0.497 e. The summed E-state index contributed by atoms with van der Waals surface area (Å²) in [6.45, 7) is 6.28. The fourth-order valence-electron chi connectivity index (χ4n) is 2.55. The van der Waals surface area contributed by atoms with Crippen LogP contribution >= 0.6 is 0 Å². The van der Waals surface area contributed by atoms with Crippen LogP contribution in [-0.4, -0.2) is 20.2 Å². The number of hydrogen-bond donors (Lipinski definition) is 1. The van der Waals surface area contributed by atoms with Crippen LogP contribution in [-0.2, 0) is 6.42 Å². The summed E-state index contributed by atoms with van der Waals surface area (Å²) in [4.78, 5) is 0. The van der Waals surface area contributed by atoms with Gasteiger partial charge in [-0.1, -0.05) is 48.9 Å². The molecule has 2 heteroatoms. The monoisotopic (exact) mass is 283 g/mol. The highest BCUT2D eigenvalue weighted by molar-refractivity contribution is 5.32. The molecule has 0 saturated heterocycles. The zero-order valence-electron chi connectivity index (χ0n) is 13.2. The Morgan fingerprint density at radius 3 is 2.52 bits per heavy atom. The van der Waals surface area contributed by atoms with Crippen molar-refractivity contribution in [1.29, 1.82) is 0 Å². The Morgan fingerprint density at radius 1 is 1.10 bits per heavy atom. The first-order valence-corrected chi connectivity index (χ1v) is 7.63. The number of ether oxygens (including phenoxy) is 1. The average Bonchev–Trinajstić information content (AvgIpc) is 2.52. The first-order chi connectivity index (χ1) is 10.2. The molecule has 1 N–H and O–H groups in total. The van der Waals surface area contributed by atoms with E-state index in [1.165, 1.54) is 16.7 Å². The van der Waals surface area contributed by atoms with E-state index in [1.807, 2.05) is 6.07 Å². The van der Waals surface area contributed by atoms with Gasteiger partial charge in [0.2, 0.25) is 0 Å². The van der Waals surface area contributed by atoms with Crippen molar-refractivity contribution in [3.05, 3.63) is 65.2 Å². The van der Waals surface area contributed by atoms with E-state index in [9.17, 15) is 0 Å². The Hall–Kier alpha value is -1.80. The maximum absolute atomic E-state index is 5.32. The molecule has 0 bridgehead atoms. The van der Waals surface area contributed by atoms with Crippen LogP contribution in [0.5, 0.6) is 5.75 Å². The predicted molar refractivity (Wildman–Crippen MR) is 89.2 cm³/mol. The quantitative estimate of drug-likeness (QED) is 0.831. The van der Waals surface area contributed by atoms with Crippen LogP contribution in [0.4, 0.5) is 0 Å². The summed E-state index contributed by atoms with van der Waals surface area (Å²) in [5.74, 6) is 1.41. The smallest absolute Gasteiger partial charge is 0.119 e. The van der Waals surface area contributed by atoms with E-state index in [2.05, 4.69) is 61.6 Å². The maximum atomic E-state index is 5.32. The molecule has 0 radical (unpaired) electrons. The second-order valence-corrected chi connectivity index (χ2v) is 5.47. The molecule has 21 heavy (non-hydrogen) atoms. The summed E-state index contributed by atoms with van der Waals surface area (Å²) < 4.78 is 5.32. The number of aryl methyl sites for hydroxylation is 1. The van der Waals surface area contributed by atoms with Crippen molar-refractivity contribution in [2.24, 2.45) is 0 Å². The molecule has 0 heterocycles. The Morgan fingerprint density at radius 2 is 1.86 bits per heavy atom. The van der Waals surface area contributed by atoms with Crippen molar-refractivity contribution < 1.29 is 4.74 Å². The molecule has 2 aromatic carbocycles. The molecular weight excluding hydrogens is 258 g/mol. The highest BCUT2D eigenvalue weighted by Crippen LogP contribution is 2.23. The molecule has 0 aliphatic heterocycles. The van der Waals surface area contributed by atoms with E-state index < -0.39 is 0 Å². The highest BCUT2D eigenvalue weighted by atomic mass is 16.5. The van der Waals surface area contributed by atoms with Gasteiger partial charge >= 0.3 is 0 Å². The molecule has 0 amide bonds. The van der Waals surface area contributed by atoms with Gasteiger partial charge in [-0.3, -0.25) is 0 Å². The molecule has 0 spiro atoms. The van der Waals surface area contributed by atoms with Crippen molar-refractivity contribution in [1.82, 2.24) is 5.32 Å². The summed E-state index contributed by atoms with van der Waals surface area (Å²) >= 11 is 0. The van der Waals surface area contributed by atoms with Crippen LogP contribution in [0.15, 0.2) is 48.5 Å². The van der Waals surface area contributed by atoms with Crippen LogP contribution < -0.4 is 10.1 Å². The van der Waals surface area contributed by atoms with Gasteiger partial charge in [0.15, 0.2) is 0 Å². The molecule has 0 aliphatic carbocycles. The van der Waals surface area contributed by atoms with E-state index in [1.54, 1.807) is 7.11 Å². The summed E-state index contributed by atoms with van der Waals surface area (Å²) in [7, 11) is 1.72. The lowest BCUT2D eigenvalue weighted by Gasteiger charge is -2.18. The zero-order chi connectivity index (χ0) is 15.1. The summed E-state index contributed by atoms with van der Waals surface area (Å²) in [5, 5.41) is 3.48. The van der Waals surface area contributed by atoms with Gasteiger partial charge in [0, 0.05) is 12.5 Å². The maximum Gasteiger partial charge on any atom is 0.119 e. The third-order valence-corrected chi connectivity index (χ3v) is 3.81. The van der Waals surface area contributed by atoms with Gasteiger partial charge in [-0.25, -0.2) is 0 Å². The first-order valence-electron chi connectivity index (χ1n) is 7.63. The molecule has 0 saturated carbocycles. The Kier molecular flexibility index (Phi) is 5.82. The van der Waals surface area contributed by atoms with Gasteiger partial charge in [-0.15, -0.1) is 0 Å². The van der Waals surface area contributed by atoms with E-state index in [4.69, 9.17) is 4.74 Å². The minimum atomic E-state index is 0.484. The molecule has 2 rings (SSSR count). The Labute approximate surface area is 128 Å². The van der Waals surface area contributed by atoms with Crippen LogP contribution in [0.25, 0.3) is 0 Å². The van der Waals surface area contributed by atoms with Crippen LogP contribution in [0.3, 0.4) is 0 Å². The molecule has 1 unspecified atom stereocenters. The van der Waals surface area contributed by atoms with E-state index in [-0.39, 0.29) is 0 Å². The third-order valence-electron chi connectivity index (χ3n) is 3.81. The second-order valence-electron chi connectivity index (χ2n) is 5.47. The van der Waals surface area contributed by atoms with Crippen LogP contribution in [0.2, 0.25) is 0 Å². The molecule has 2 aromatic rings. The van der Waals surface area contributed by atoms with Crippen molar-refractivity contribution >= 4 is 0 Å². The molecule has 112 valence electrons. The van der Waals surface area contributed by atoms with E-state index >= 15 is 0 Å². The standard InChI is InChI=1S/C19H25NO/c1-4-20-14-18(17-10-8-15(2)9-11-17)12-16-6-5-7-19(13-16)21-3/h5-11,13,18,20H,4,12,14H2,1-3H3. The van der Waals surface area contributed by atoms with Gasteiger partial charge < -0.3 is 10.1 Å². The second kappa shape index (κ2) is 7.84. The van der Waals surface area contributed by atoms with Gasteiger partial charge in [0.05, 0.1) is 7.11 Å². The average molecular weight is 283 g/mol. The summed E-state index contributed by atoms with van der Waals surface area (Å²) in [6, 6.07) is 17.2. The molecule has 0 aromatic heterocycles. The number of methoxy groups -OCH3 is 1. The molecule has 1 atom stereocenters. The Balaban J connectivity index is 2.17. The van der Waals surface area contributed by atoms with Gasteiger partial charge in [0.1, 0.15) is 5.75 Å². The molecule has 2 nitrogen and oxygen atoms in total. The summed E-state index contributed by atoms with van der Waals surface area (Å²) in [6.07, 6.45) is 1.02. The lowest BCUT2D eigenvalue weighted by molar-refractivity contribution is 0.414. The van der Waals surface area contributed by atoms with Crippen LogP contribution in [0, 0.1) is 6.92 Å². The zero-order valence-corrected chi connectivity index (χ0v) is 13.2. The number of hydrogen-bond acceptors (Lipinski definition) is 2. The largest absolute Gasteiger partial charge is 0.497 e. The molecular formula is C19H25NO. The number of rotatable bonds is 7. The summed E-state index contributed by atoms with van der Waals surface area (Å²) in [5.41, 5.74) is 4.02. The van der Waals surface area contributed by atoms with Crippen molar-refractivity contribution in [3.63, 3.8) is 0 Å². The number of nitrogens with one attached hydrogen (secondary N) is 1. The van der Waals surface area contributed by atoms with E-state index in [0.717, 1.165) is 25.3 Å². The highest BCUT2D eigenvalue weighted by Gasteiger charge is 2.12. The van der Waals surface area contributed by atoms with Crippen molar-refractivity contribution in [2.45, 2.75) is 26.2 Å². The lowest BCUT2D eigenvalue weighted by atomic mass is 9.91. The van der Waals surface area contributed by atoms with Gasteiger partial charge in [-0.05, 0) is 43.1 Å². The van der Waals surface area contributed by atoms with Crippen molar-refractivity contribution in [2.75, 3.05) is 20.2 Å². The fraction of sp³-hybridized carbons (Fsp3) is 0.368. The van der Waals surface area contributed by atoms with Gasteiger partial charge in [0.25, 0.3) is 0 Å². The molecule has 0 aliphatic rings.